The van der Waals surface area contributed by atoms with Gasteiger partial charge < -0.3 is 10.1 Å². The van der Waals surface area contributed by atoms with Gasteiger partial charge in [-0.25, -0.2) is 0 Å². The second-order valence-corrected chi connectivity index (χ2v) is 4.62. The van der Waals surface area contributed by atoms with Gasteiger partial charge in [-0.3, -0.25) is 0 Å². The summed E-state index contributed by atoms with van der Waals surface area (Å²) in [7, 11) is 1.87. The Morgan fingerprint density at radius 1 is 1.38 bits per heavy atom. The molecule has 1 fully saturated rings. The van der Waals surface area contributed by atoms with E-state index in [1.807, 2.05) is 25.2 Å². The van der Waals surface area contributed by atoms with Crippen LogP contribution in [0.4, 0.5) is 5.82 Å². The Morgan fingerprint density at radius 3 is 3.00 bits per heavy atom. The molecule has 16 heavy (non-hydrogen) atoms. The lowest BCUT2D eigenvalue weighted by Crippen LogP contribution is -2.24. The maximum atomic E-state index is 5.92. The van der Waals surface area contributed by atoms with E-state index >= 15 is 0 Å². The second kappa shape index (κ2) is 5.19. The largest absolute Gasteiger partial charge is 0.474 e. The Bertz CT molecular complexity index is 340. The highest BCUT2D eigenvalue weighted by molar-refractivity contribution is 5.36. The number of nitrogens with zero attached hydrogens (tertiary/aromatic N) is 1. The van der Waals surface area contributed by atoms with Crippen LogP contribution in [0.2, 0.25) is 0 Å². The molecule has 1 aromatic heterocycles. The maximum Gasteiger partial charge on any atom is 0.215 e. The summed E-state index contributed by atoms with van der Waals surface area (Å²) in [6, 6.07) is 5.84. The number of nitrogens with one attached hydrogen (secondary N) is 1. The Hall–Kier alpha value is -1.25. The summed E-state index contributed by atoms with van der Waals surface area (Å²) in [6.45, 7) is 2.30. The van der Waals surface area contributed by atoms with Crippen molar-refractivity contribution in [2.24, 2.45) is 5.92 Å². The Morgan fingerprint density at radius 2 is 2.25 bits per heavy atom. The Balaban J connectivity index is 1.97. The fourth-order valence-electron chi connectivity index (χ4n) is 2.28. The van der Waals surface area contributed by atoms with Crippen LogP contribution in [0.15, 0.2) is 18.2 Å². The molecule has 1 aromatic rings. The first-order valence-electron chi connectivity index (χ1n) is 6.09. The van der Waals surface area contributed by atoms with Gasteiger partial charge >= 0.3 is 0 Å². The van der Waals surface area contributed by atoms with Gasteiger partial charge in [0, 0.05) is 13.1 Å². The van der Waals surface area contributed by atoms with Crippen LogP contribution in [0.25, 0.3) is 0 Å². The minimum Gasteiger partial charge on any atom is -0.474 e. The van der Waals surface area contributed by atoms with Gasteiger partial charge in [0.05, 0.1) is 0 Å². The van der Waals surface area contributed by atoms with E-state index in [1.165, 1.54) is 12.8 Å². The van der Waals surface area contributed by atoms with Gasteiger partial charge in [-0.2, -0.15) is 4.98 Å². The summed E-state index contributed by atoms with van der Waals surface area (Å²) in [5.41, 5.74) is 0. The van der Waals surface area contributed by atoms with Crippen molar-refractivity contribution in [3.05, 3.63) is 18.2 Å². The highest BCUT2D eigenvalue weighted by atomic mass is 16.5. The molecule has 2 rings (SSSR count). The number of anilines is 1. The summed E-state index contributed by atoms with van der Waals surface area (Å²) in [5, 5.41) is 3.02. The minimum absolute atomic E-state index is 0.350. The van der Waals surface area contributed by atoms with E-state index < -0.39 is 0 Å². The molecule has 1 saturated carbocycles. The molecule has 0 aromatic carbocycles. The van der Waals surface area contributed by atoms with E-state index in [4.69, 9.17) is 4.74 Å². The number of aromatic nitrogens is 1. The summed E-state index contributed by atoms with van der Waals surface area (Å²) in [6.07, 6.45) is 5.28. The van der Waals surface area contributed by atoms with Crippen molar-refractivity contribution in [1.29, 1.82) is 0 Å². The molecule has 0 radical (unpaired) electrons. The van der Waals surface area contributed by atoms with Crippen LogP contribution in [0.3, 0.4) is 0 Å². The third-order valence-electron chi connectivity index (χ3n) is 3.16. The molecule has 0 bridgehead atoms. The van der Waals surface area contributed by atoms with E-state index in [0.717, 1.165) is 30.5 Å². The van der Waals surface area contributed by atoms with Crippen LogP contribution < -0.4 is 10.1 Å². The predicted octanol–water partition coefficient (Wildman–Crippen LogP) is 3.08. The van der Waals surface area contributed by atoms with Crippen molar-refractivity contribution in [2.75, 3.05) is 12.4 Å². The Labute approximate surface area is 97.2 Å². The molecular formula is C13H20N2O. The molecule has 0 aliphatic heterocycles. The van der Waals surface area contributed by atoms with Crippen molar-refractivity contribution in [1.82, 2.24) is 4.98 Å². The first-order valence-corrected chi connectivity index (χ1v) is 6.09. The van der Waals surface area contributed by atoms with Gasteiger partial charge in [0.1, 0.15) is 11.9 Å². The fraction of sp³-hybridized carbons (Fsp3) is 0.615. The molecule has 1 heterocycles. The smallest absolute Gasteiger partial charge is 0.215 e. The molecule has 88 valence electrons. The molecule has 3 heteroatoms. The number of pyridine rings is 1. The molecule has 3 nitrogen and oxygen atoms in total. The van der Waals surface area contributed by atoms with Crippen LogP contribution in [0.5, 0.6) is 5.88 Å². The second-order valence-electron chi connectivity index (χ2n) is 4.62. The molecule has 0 spiro atoms. The van der Waals surface area contributed by atoms with Crippen LogP contribution in [0, 0.1) is 5.92 Å². The summed E-state index contributed by atoms with van der Waals surface area (Å²) >= 11 is 0. The van der Waals surface area contributed by atoms with Crippen molar-refractivity contribution < 1.29 is 4.74 Å². The summed E-state index contributed by atoms with van der Waals surface area (Å²) in [4.78, 5) is 4.38. The maximum absolute atomic E-state index is 5.92. The predicted molar refractivity (Wildman–Crippen MR) is 65.8 cm³/mol. The quantitative estimate of drug-likeness (QED) is 0.850. The lowest BCUT2D eigenvalue weighted by molar-refractivity contribution is 0.124. The van der Waals surface area contributed by atoms with Crippen molar-refractivity contribution >= 4 is 5.82 Å². The molecule has 2 unspecified atom stereocenters. The third-order valence-corrected chi connectivity index (χ3v) is 3.16. The van der Waals surface area contributed by atoms with Gasteiger partial charge in [-0.15, -0.1) is 0 Å². The lowest BCUT2D eigenvalue weighted by atomic mass is 9.89. The zero-order valence-electron chi connectivity index (χ0n) is 10.1. The van der Waals surface area contributed by atoms with Gasteiger partial charge in [-0.05, 0) is 31.2 Å². The standard InChI is InChI=1S/C13H20N2O/c1-10-5-3-6-11(9-10)16-13-8-4-7-12(14-2)15-13/h4,7-8,10-11H,3,5-6,9H2,1-2H3,(H,14,15). The fourth-order valence-corrected chi connectivity index (χ4v) is 2.28. The monoisotopic (exact) mass is 220 g/mol. The van der Waals surface area contributed by atoms with Gasteiger partial charge in [0.15, 0.2) is 0 Å². The number of rotatable bonds is 3. The number of ether oxygens (including phenoxy) is 1. The van der Waals surface area contributed by atoms with E-state index in [2.05, 4.69) is 17.2 Å². The van der Waals surface area contributed by atoms with Gasteiger partial charge in [0.25, 0.3) is 0 Å². The topological polar surface area (TPSA) is 34.1 Å². The third kappa shape index (κ3) is 2.87. The van der Waals surface area contributed by atoms with Gasteiger partial charge in [0.2, 0.25) is 5.88 Å². The van der Waals surface area contributed by atoms with E-state index in [9.17, 15) is 0 Å². The molecule has 1 aliphatic carbocycles. The zero-order chi connectivity index (χ0) is 11.4. The highest BCUT2D eigenvalue weighted by Crippen LogP contribution is 2.26. The van der Waals surface area contributed by atoms with Gasteiger partial charge in [-0.1, -0.05) is 19.4 Å². The molecule has 1 aliphatic rings. The average molecular weight is 220 g/mol. The zero-order valence-corrected chi connectivity index (χ0v) is 10.1. The van der Waals surface area contributed by atoms with Crippen molar-refractivity contribution in [3.63, 3.8) is 0 Å². The van der Waals surface area contributed by atoms with E-state index in [-0.39, 0.29) is 0 Å². The molecule has 0 amide bonds. The van der Waals surface area contributed by atoms with Crippen LogP contribution >= 0.6 is 0 Å². The van der Waals surface area contributed by atoms with Crippen molar-refractivity contribution in [3.8, 4) is 5.88 Å². The van der Waals surface area contributed by atoms with Crippen LogP contribution in [-0.2, 0) is 0 Å². The molecule has 1 N–H and O–H groups in total. The van der Waals surface area contributed by atoms with E-state index in [1.54, 1.807) is 0 Å². The summed E-state index contributed by atoms with van der Waals surface area (Å²) in [5.74, 6) is 2.39. The summed E-state index contributed by atoms with van der Waals surface area (Å²) < 4.78 is 5.92. The first kappa shape index (κ1) is 11.2. The van der Waals surface area contributed by atoms with Crippen LogP contribution in [0.1, 0.15) is 32.6 Å². The number of hydrogen-bond donors (Lipinski definition) is 1. The highest BCUT2D eigenvalue weighted by Gasteiger charge is 2.20. The average Bonchev–Trinajstić information content (AvgIpc) is 2.29. The lowest BCUT2D eigenvalue weighted by Gasteiger charge is -2.26. The normalized spacial score (nSPS) is 25.1. The molecular weight excluding hydrogens is 200 g/mol. The van der Waals surface area contributed by atoms with E-state index in [0.29, 0.717) is 6.10 Å². The van der Waals surface area contributed by atoms with Crippen molar-refractivity contribution in [2.45, 2.75) is 38.7 Å². The molecule has 2 atom stereocenters. The number of hydrogen-bond acceptors (Lipinski definition) is 3. The van der Waals surface area contributed by atoms with Crippen LogP contribution in [-0.4, -0.2) is 18.1 Å². The Kier molecular flexibility index (Phi) is 3.65. The minimum atomic E-state index is 0.350. The molecule has 0 saturated heterocycles. The SMILES string of the molecule is CNc1cccc(OC2CCCC(C)C2)n1. The first-order chi connectivity index (χ1) is 7.78.